The highest BCUT2D eigenvalue weighted by atomic mass is 35.5. The van der Waals surface area contributed by atoms with Crippen LogP contribution in [0.4, 0.5) is 0 Å². The lowest BCUT2D eigenvalue weighted by atomic mass is 9.85. The minimum absolute atomic E-state index is 0.191. The van der Waals surface area contributed by atoms with Gasteiger partial charge in [-0.3, -0.25) is 4.68 Å². The summed E-state index contributed by atoms with van der Waals surface area (Å²) >= 11 is 5.95. The Labute approximate surface area is 99.2 Å². The molecular weight excluding hydrogens is 228 g/mol. The van der Waals surface area contributed by atoms with E-state index in [2.05, 4.69) is 5.10 Å². The third kappa shape index (κ3) is 1.94. The number of carboxylic acid groups (broad SMARTS) is 1. The molecule has 1 saturated carbocycles. The van der Waals surface area contributed by atoms with Crippen LogP contribution >= 0.6 is 11.6 Å². The maximum absolute atomic E-state index is 11.2. The number of carbonyl (C=O) groups is 1. The lowest BCUT2D eigenvalue weighted by Gasteiger charge is -2.20. The van der Waals surface area contributed by atoms with Crippen molar-refractivity contribution in [1.29, 1.82) is 0 Å². The number of rotatable bonds is 2. The lowest BCUT2D eigenvalue weighted by Crippen LogP contribution is -2.10. The van der Waals surface area contributed by atoms with Crippen molar-refractivity contribution in [3.05, 3.63) is 16.4 Å². The molecule has 4 nitrogen and oxygen atoms in total. The molecule has 5 heteroatoms. The molecule has 0 radical (unpaired) electrons. The van der Waals surface area contributed by atoms with Gasteiger partial charge in [0.2, 0.25) is 0 Å². The highest BCUT2D eigenvalue weighted by molar-refractivity contribution is 6.32. The van der Waals surface area contributed by atoms with Gasteiger partial charge in [-0.2, -0.15) is 5.10 Å². The van der Waals surface area contributed by atoms with E-state index in [1.165, 1.54) is 11.1 Å². The van der Waals surface area contributed by atoms with Crippen LogP contribution in [0.3, 0.4) is 0 Å². The first-order chi connectivity index (χ1) is 7.61. The fraction of sp³-hybridized carbons (Fsp3) is 0.636. The summed E-state index contributed by atoms with van der Waals surface area (Å²) in [5.74, 6) is -0.711. The number of aryl methyl sites for hydroxylation is 1. The van der Waals surface area contributed by atoms with E-state index in [9.17, 15) is 4.79 Å². The van der Waals surface area contributed by atoms with Crippen LogP contribution in [0.25, 0.3) is 0 Å². The summed E-state index contributed by atoms with van der Waals surface area (Å²) in [6.45, 7) is 0. The van der Waals surface area contributed by atoms with Crippen molar-refractivity contribution in [2.75, 3.05) is 0 Å². The minimum Gasteiger partial charge on any atom is -0.478 e. The van der Waals surface area contributed by atoms with E-state index in [1.807, 2.05) is 0 Å². The summed E-state index contributed by atoms with van der Waals surface area (Å²) in [5.41, 5.74) is 0.857. The fourth-order valence-electron chi connectivity index (χ4n) is 2.38. The smallest absolute Gasteiger partial charge is 0.340 e. The van der Waals surface area contributed by atoms with E-state index in [0.717, 1.165) is 25.7 Å². The summed E-state index contributed by atoms with van der Waals surface area (Å²) in [6.07, 6.45) is 5.58. The normalized spacial score (nSPS) is 17.6. The first-order valence-corrected chi connectivity index (χ1v) is 5.94. The average molecular weight is 243 g/mol. The van der Waals surface area contributed by atoms with Gasteiger partial charge >= 0.3 is 5.97 Å². The molecule has 0 spiro atoms. The van der Waals surface area contributed by atoms with Crippen LogP contribution in [0.5, 0.6) is 0 Å². The molecule has 0 atom stereocenters. The Morgan fingerprint density at radius 3 is 2.62 bits per heavy atom. The molecule has 0 aliphatic heterocycles. The predicted octanol–water partition coefficient (Wildman–Crippen LogP) is 2.82. The van der Waals surface area contributed by atoms with Crippen LogP contribution in [-0.2, 0) is 7.05 Å². The van der Waals surface area contributed by atoms with Gasteiger partial charge in [0.1, 0.15) is 10.7 Å². The monoisotopic (exact) mass is 242 g/mol. The van der Waals surface area contributed by atoms with Gasteiger partial charge in [-0.05, 0) is 12.8 Å². The van der Waals surface area contributed by atoms with Crippen LogP contribution in [0.1, 0.15) is 54.1 Å². The van der Waals surface area contributed by atoms with Crippen molar-refractivity contribution in [3.8, 4) is 0 Å². The van der Waals surface area contributed by atoms with Crippen LogP contribution in [0.2, 0.25) is 5.15 Å². The number of aromatic carboxylic acids is 1. The Balaban J connectivity index is 2.38. The van der Waals surface area contributed by atoms with Crippen molar-refractivity contribution in [1.82, 2.24) is 9.78 Å². The van der Waals surface area contributed by atoms with Crippen molar-refractivity contribution in [2.24, 2.45) is 7.05 Å². The molecule has 0 amide bonds. The number of hydrogen-bond acceptors (Lipinski definition) is 2. The number of nitrogens with zero attached hydrogens (tertiary/aromatic N) is 2. The van der Waals surface area contributed by atoms with Gasteiger partial charge < -0.3 is 5.11 Å². The highest BCUT2D eigenvalue weighted by Gasteiger charge is 2.27. The van der Waals surface area contributed by atoms with E-state index in [4.69, 9.17) is 16.7 Å². The summed E-state index contributed by atoms with van der Waals surface area (Å²) in [6, 6.07) is 0. The molecule has 16 heavy (non-hydrogen) atoms. The van der Waals surface area contributed by atoms with E-state index < -0.39 is 5.97 Å². The first-order valence-electron chi connectivity index (χ1n) is 5.57. The van der Waals surface area contributed by atoms with E-state index in [1.54, 1.807) is 7.05 Å². The van der Waals surface area contributed by atoms with E-state index in [0.29, 0.717) is 5.69 Å². The molecule has 1 aromatic heterocycles. The Morgan fingerprint density at radius 1 is 1.44 bits per heavy atom. The average Bonchev–Trinajstić information content (AvgIpc) is 2.57. The summed E-state index contributed by atoms with van der Waals surface area (Å²) in [5, 5.41) is 13.6. The summed E-state index contributed by atoms with van der Waals surface area (Å²) in [7, 11) is 1.68. The predicted molar refractivity (Wildman–Crippen MR) is 61.0 cm³/mol. The number of aromatic nitrogens is 2. The van der Waals surface area contributed by atoms with Crippen LogP contribution in [-0.4, -0.2) is 20.9 Å². The Kier molecular flexibility index (Phi) is 3.19. The minimum atomic E-state index is -0.973. The van der Waals surface area contributed by atoms with Crippen LogP contribution in [0.15, 0.2) is 0 Å². The number of carboxylic acids is 1. The SMILES string of the molecule is Cn1nc(C2CCCCC2)c(C(=O)O)c1Cl. The van der Waals surface area contributed by atoms with E-state index in [-0.39, 0.29) is 16.6 Å². The standard InChI is InChI=1S/C11H15ClN2O2/c1-14-10(12)8(11(15)16)9(13-14)7-5-3-2-4-6-7/h7H,2-6H2,1H3,(H,15,16). The third-order valence-electron chi connectivity index (χ3n) is 3.21. The summed E-state index contributed by atoms with van der Waals surface area (Å²) < 4.78 is 1.45. The molecular formula is C11H15ClN2O2. The second kappa shape index (κ2) is 4.45. The maximum atomic E-state index is 11.2. The van der Waals surface area contributed by atoms with Crippen LogP contribution < -0.4 is 0 Å². The molecule has 1 heterocycles. The fourth-order valence-corrected chi connectivity index (χ4v) is 2.60. The molecule has 1 aliphatic carbocycles. The molecule has 0 saturated heterocycles. The molecule has 0 bridgehead atoms. The molecule has 0 unspecified atom stereocenters. The highest BCUT2D eigenvalue weighted by Crippen LogP contribution is 2.35. The van der Waals surface area contributed by atoms with Gasteiger partial charge in [0.15, 0.2) is 0 Å². The van der Waals surface area contributed by atoms with Gasteiger partial charge in [-0.25, -0.2) is 4.79 Å². The zero-order valence-electron chi connectivity index (χ0n) is 9.24. The third-order valence-corrected chi connectivity index (χ3v) is 3.64. The topological polar surface area (TPSA) is 55.1 Å². The van der Waals surface area contributed by atoms with Gasteiger partial charge in [-0.15, -0.1) is 0 Å². The second-order valence-corrected chi connectivity index (χ2v) is 4.67. The van der Waals surface area contributed by atoms with Crippen molar-refractivity contribution < 1.29 is 9.90 Å². The Bertz CT molecular complexity index is 408. The van der Waals surface area contributed by atoms with Gasteiger partial charge in [0.05, 0.1) is 5.69 Å². The lowest BCUT2D eigenvalue weighted by molar-refractivity contribution is 0.0695. The Hall–Kier alpha value is -1.03. The quantitative estimate of drug-likeness (QED) is 0.868. The van der Waals surface area contributed by atoms with Crippen molar-refractivity contribution in [3.63, 3.8) is 0 Å². The van der Waals surface area contributed by atoms with Gasteiger partial charge in [-0.1, -0.05) is 30.9 Å². The van der Waals surface area contributed by atoms with Gasteiger partial charge in [0.25, 0.3) is 0 Å². The zero-order valence-corrected chi connectivity index (χ0v) is 10.00. The molecule has 2 rings (SSSR count). The largest absolute Gasteiger partial charge is 0.478 e. The zero-order chi connectivity index (χ0) is 11.7. The first kappa shape index (κ1) is 11.5. The summed E-state index contributed by atoms with van der Waals surface area (Å²) in [4.78, 5) is 11.2. The second-order valence-electron chi connectivity index (χ2n) is 4.31. The molecule has 1 aliphatic rings. The maximum Gasteiger partial charge on any atom is 0.340 e. The Morgan fingerprint density at radius 2 is 2.06 bits per heavy atom. The van der Waals surface area contributed by atoms with Crippen LogP contribution in [0, 0.1) is 0 Å². The number of hydrogen-bond donors (Lipinski definition) is 1. The van der Waals surface area contributed by atoms with Crippen molar-refractivity contribution in [2.45, 2.75) is 38.0 Å². The van der Waals surface area contributed by atoms with Crippen molar-refractivity contribution >= 4 is 17.6 Å². The molecule has 88 valence electrons. The van der Waals surface area contributed by atoms with Gasteiger partial charge in [0, 0.05) is 13.0 Å². The molecule has 1 N–H and O–H groups in total. The molecule has 1 aromatic rings. The molecule has 0 aromatic carbocycles. The molecule has 1 fully saturated rings. The van der Waals surface area contributed by atoms with E-state index >= 15 is 0 Å². The number of halogens is 1.